The van der Waals surface area contributed by atoms with Crippen molar-refractivity contribution in [3.05, 3.63) is 11.6 Å². The van der Waals surface area contributed by atoms with Gasteiger partial charge in [0.25, 0.3) is 0 Å². The Kier molecular flexibility index (Phi) is 4.18. The van der Waals surface area contributed by atoms with Crippen molar-refractivity contribution in [3.63, 3.8) is 0 Å². The van der Waals surface area contributed by atoms with E-state index in [-0.39, 0.29) is 11.7 Å². The van der Waals surface area contributed by atoms with Gasteiger partial charge in [-0.3, -0.25) is 0 Å². The lowest BCUT2D eigenvalue weighted by Crippen LogP contribution is -2.37. The Hall–Kier alpha value is -0.340. The van der Waals surface area contributed by atoms with Crippen LogP contribution in [0.15, 0.2) is 11.6 Å². The Labute approximate surface area is 112 Å². The zero-order valence-corrected chi connectivity index (χ0v) is 12.4. The van der Waals surface area contributed by atoms with Crippen LogP contribution in [0.2, 0.25) is 0 Å². The van der Waals surface area contributed by atoms with Crippen LogP contribution >= 0.6 is 0 Å². The van der Waals surface area contributed by atoms with Crippen molar-refractivity contribution in [1.29, 1.82) is 0 Å². The number of ether oxygens (including phenoxy) is 2. The summed E-state index contributed by atoms with van der Waals surface area (Å²) in [7, 11) is 0. The maximum Gasteiger partial charge on any atom is 0.161 e. The van der Waals surface area contributed by atoms with Crippen LogP contribution in [0.4, 0.5) is 0 Å². The average molecular weight is 252 g/mol. The Balaban J connectivity index is 1.75. The largest absolute Gasteiger partial charge is 0.352 e. The van der Waals surface area contributed by atoms with E-state index in [2.05, 4.69) is 33.8 Å². The molecule has 1 saturated heterocycles. The minimum absolute atomic E-state index is 0.0135. The number of hydrogen-bond acceptors (Lipinski definition) is 2. The summed E-state index contributed by atoms with van der Waals surface area (Å²) in [5.41, 5.74) is 2.32. The number of allylic oxidation sites excluding steroid dienone is 1. The predicted octanol–water partition coefficient (Wildman–Crippen LogP) is 4.30. The molecule has 104 valence electrons. The molecule has 1 heterocycles. The molecule has 0 bridgehead atoms. The van der Waals surface area contributed by atoms with Gasteiger partial charge in [-0.15, -0.1) is 0 Å². The first-order valence-corrected chi connectivity index (χ1v) is 7.28. The summed E-state index contributed by atoms with van der Waals surface area (Å²) in [5, 5.41) is 0. The summed E-state index contributed by atoms with van der Waals surface area (Å²) in [6.45, 7) is 10.7. The van der Waals surface area contributed by atoms with Crippen molar-refractivity contribution < 1.29 is 9.47 Å². The Morgan fingerprint density at radius 1 is 1.00 bits per heavy atom. The Bertz CT molecular complexity index is 293. The molecular formula is C16H28O2. The van der Waals surface area contributed by atoms with Crippen molar-refractivity contribution in [1.82, 2.24) is 0 Å². The molecule has 0 spiro atoms. The highest BCUT2D eigenvalue weighted by Crippen LogP contribution is 2.38. The molecule has 0 unspecified atom stereocenters. The quantitative estimate of drug-likeness (QED) is 0.682. The Morgan fingerprint density at radius 2 is 1.56 bits per heavy atom. The molecule has 0 aromatic rings. The van der Waals surface area contributed by atoms with Crippen LogP contribution in [0.3, 0.4) is 0 Å². The molecule has 1 aliphatic carbocycles. The molecule has 0 aromatic carbocycles. The van der Waals surface area contributed by atoms with Crippen molar-refractivity contribution in [2.24, 2.45) is 10.8 Å². The fourth-order valence-electron chi connectivity index (χ4n) is 2.58. The third kappa shape index (κ3) is 4.10. The summed E-state index contributed by atoms with van der Waals surface area (Å²) in [4.78, 5) is 0. The van der Waals surface area contributed by atoms with Gasteiger partial charge in [0.1, 0.15) is 0 Å². The zero-order valence-electron chi connectivity index (χ0n) is 12.4. The van der Waals surface area contributed by atoms with Crippen LogP contribution in [0.5, 0.6) is 0 Å². The van der Waals surface area contributed by atoms with Crippen LogP contribution in [0.25, 0.3) is 0 Å². The minimum Gasteiger partial charge on any atom is -0.352 e. The maximum absolute atomic E-state index is 5.76. The first kappa shape index (κ1) is 14.1. The summed E-state index contributed by atoms with van der Waals surface area (Å²) >= 11 is 0. The van der Waals surface area contributed by atoms with Crippen LogP contribution in [0, 0.1) is 10.8 Å². The average Bonchev–Trinajstić information content (AvgIpc) is 2.29. The topological polar surface area (TPSA) is 18.5 Å². The number of rotatable bonds is 2. The second-order valence-corrected chi connectivity index (χ2v) is 7.48. The van der Waals surface area contributed by atoms with Gasteiger partial charge in [0.2, 0.25) is 0 Å². The number of hydrogen-bond donors (Lipinski definition) is 0. The lowest BCUT2D eigenvalue weighted by atomic mass is 9.75. The maximum atomic E-state index is 5.76. The van der Waals surface area contributed by atoms with Gasteiger partial charge in [0.15, 0.2) is 6.29 Å². The lowest BCUT2D eigenvalue weighted by molar-refractivity contribution is -0.219. The van der Waals surface area contributed by atoms with Gasteiger partial charge in [-0.2, -0.15) is 0 Å². The van der Waals surface area contributed by atoms with E-state index < -0.39 is 0 Å². The molecule has 1 aliphatic heterocycles. The summed E-state index contributed by atoms with van der Waals surface area (Å²) in [6, 6.07) is 0. The first-order chi connectivity index (χ1) is 8.36. The van der Waals surface area contributed by atoms with Gasteiger partial charge in [-0.05, 0) is 31.1 Å². The van der Waals surface area contributed by atoms with Crippen molar-refractivity contribution >= 4 is 0 Å². The first-order valence-electron chi connectivity index (χ1n) is 7.28. The highest BCUT2D eigenvalue weighted by atomic mass is 16.7. The SMILES string of the molecule is CC1(C)CCC(=CCC2OCC(C)(C)CO2)CC1. The van der Waals surface area contributed by atoms with Gasteiger partial charge >= 0.3 is 0 Å². The third-order valence-corrected chi connectivity index (χ3v) is 4.16. The van der Waals surface area contributed by atoms with E-state index in [1.165, 1.54) is 25.7 Å². The molecule has 2 heteroatoms. The van der Waals surface area contributed by atoms with E-state index in [9.17, 15) is 0 Å². The molecule has 2 fully saturated rings. The van der Waals surface area contributed by atoms with Crippen molar-refractivity contribution in [3.8, 4) is 0 Å². The van der Waals surface area contributed by atoms with Gasteiger partial charge in [-0.25, -0.2) is 0 Å². The van der Waals surface area contributed by atoms with Crippen LogP contribution < -0.4 is 0 Å². The smallest absolute Gasteiger partial charge is 0.161 e. The molecule has 0 atom stereocenters. The predicted molar refractivity (Wildman–Crippen MR) is 74.4 cm³/mol. The van der Waals surface area contributed by atoms with Gasteiger partial charge in [0.05, 0.1) is 13.2 Å². The molecule has 0 N–H and O–H groups in total. The molecule has 0 aromatic heterocycles. The van der Waals surface area contributed by atoms with E-state index >= 15 is 0 Å². The monoisotopic (exact) mass is 252 g/mol. The normalized spacial score (nSPS) is 28.1. The summed E-state index contributed by atoms with van der Waals surface area (Å²) in [5.74, 6) is 0. The van der Waals surface area contributed by atoms with E-state index in [0.717, 1.165) is 19.6 Å². The Morgan fingerprint density at radius 3 is 2.11 bits per heavy atom. The van der Waals surface area contributed by atoms with Crippen LogP contribution in [-0.2, 0) is 9.47 Å². The van der Waals surface area contributed by atoms with Crippen LogP contribution in [0.1, 0.15) is 59.8 Å². The molecule has 2 nitrogen and oxygen atoms in total. The van der Waals surface area contributed by atoms with E-state index in [1.54, 1.807) is 5.57 Å². The second-order valence-electron chi connectivity index (χ2n) is 7.48. The van der Waals surface area contributed by atoms with E-state index in [4.69, 9.17) is 9.47 Å². The molecule has 2 aliphatic rings. The van der Waals surface area contributed by atoms with Crippen LogP contribution in [-0.4, -0.2) is 19.5 Å². The van der Waals surface area contributed by atoms with Crippen molar-refractivity contribution in [2.45, 2.75) is 66.1 Å². The van der Waals surface area contributed by atoms with Gasteiger partial charge < -0.3 is 9.47 Å². The fourth-order valence-corrected chi connectivity index (χ4v) is 2.58. The van der Waals surface area contributed by atoms with Crippen molar-refractivity contribution in [2.75, 3.05) is 13.2 Å². The summed E-state index contributed by atoms with van der Waals surface area (Å²) < 4.78 is 11.5. The standard InChI is InChI=1S/C16H28O2/c1-15(2)9-7-13(8-10-15)5-6-14-17-11-16(3,4)12-18-14/h5,14H,6-12H2,1-4H3. The summed E-state index contributed by atoms with van der Waals surface area (Å²) in [6.07, 6.45) is 8.41. The molecular weight excluding hydrogens is 224 g/mol. The lowest BCUT2D eigenvalue weighted by Gasteiger charge is -2.34. The zero-order chi connectivity index (χ0) is 13.2. The highest BCUT2D eigenvalue weighted by molar-refractivity contribution is 5.07. The fraction of sp³-hybridized carbons (Fsp3) is 0.875. The highest BCUT2D eigenvalue weighted by Gasteiger charge is 2.28. The van der Waals surface area contributed by atoms with Gasteiger partial charge in [0, 0.05) is 11.8 Å². The third-order valence-electron chi connectivity index (χ3n) is 4.16. The minimum atomic E-state index is -0.0135. The second kappa shape index (κ2) is 5.34. The molecule has 2 rings (SSSR count). The molecule has 0 amide bonds. The molecule has 18 heavy (non-hydrogen) atoms. The van der Waals surface area contributed by atoms with E-state index in [0.29, 0.717) is 5.41 Å². The van der Waals surface area contributed by atoms with Gasteiger partial charge in [-0.1, -0.05) is 39.3 Å². The van der Waals surface area contributed by atoms with E-state index in [1.807, 2.05) is 0 Å². The molecule has 0 radical (unpaired) electrons. The molecule has 1 saturated carbocycles.